The van der Waals surface area contributed by atoms with Gasteiger partial charge in [0, 0.05) is 0 Å². The molecule has 0 aromatic heterocycles. The molecule has 0 spiro atoms. The molecule has 0 heterocycles. The summed E-state index contributed by atoms with van der Waals surface area (Å²) in [4.78, 5) is 10.5. The number of carbonyl (C=O) groups is 1. The van der Waals surface area contributed by atoms with Gasteiger partial charge < -0.3 is 4.74 Å². The fraction of sp³-hybridized carbons (Fsp3) is 0.300. The number of rotatable bonds is 4. The van der Waals surface area contributed by atoms with Crippen LogP contribution in [0.4, 0.5) is 4.39 Å². The van der Waals surface area contributed by atoms with Gasteiger partial charge in [0.2, 0.25) is 0 Å². The third kappa shape index (κ3) is 2.54. The number of hydrogen-bond donors (Lipinski definition) is 0. The Labute approximate surface area is 76.3 Å². The van der Waals surface area contributed by atoms with Crippen LogP contribution in [0.2, 0.25) is 0 Å². The number of hydrogen-bond acceptors (Lipinski definition) is 2. The SMILES string of the molecule is CCCOc1ccc(F)cc1C=O. The van der Waals surface area contributed by atoms with E-state index in [2.05, 4.69) is 0 Å². The highest BCUT2D eigenvalue weighted by Gasteiger charge is 2.03. The first-order valence-electron chi connectivity index (χ1n) is 4.15. The second kappa shape index (κ2) is 4.60. The van der Waals surface area contributed by atoms with E-state index < -0.39 is 5.82 Å². The minimum atomic E-state index is -0.425. The highest BCUT2D eigenvalue weighted by Crippen LogP contribution is 2.17. The van der Waals surface area contributed by atoms with E-state index in [1.165, 1.54) is 12.1 Å². The number of halogens is 1. The van der Waals surface area contributed by atoms with Gasteiger partial charge in [-0.3, -0.25) is 4.79 Å². The average molecular weight is 182 g/mol. The Morgan fingerprint density at radius 2 is 2.31 bits per heavy atom. The van der Waals surface area contributed by atoms with Crippen molar-refractivity contribution in [3.8, 4) is 5.75 Å². The zero-order valence-corrected chi connectivity index (χ0v) is 7.42. The van der Waals surface area contributed by atoms with Gasteiger partial charge in [-0.2, -0.15) is 0 Å². The summed E-state index contributed by atoms with van der Waals surface area (Å²) in [6, 6.07) is 3.91. The van der Waals surface area contributed by atoms with Crippen molar-refractivity contribution in [1.82, 2.24) is 0 Å². The number of benzene rings is 1. The van der Waals surface area contributed by atoms with Gasteiger partial charge in [0.15, 0.2) is 6.29 Å². The van der Waals surface area contributed by atoms with Crippen LogP contribution in [-0.4, -0.2) is 12.9 Å². The second-order valence-corrected chi connectivity index (χ2v) is 2.65. The molecule has 0 aliphatic carbocycles. The summed E-state index contributed by atoms with van der Waals surface area (Å²) in [7, 11) is 0. The lowest BCUT2D eigenvalue weighted by molar-refractivity contribution is 0.111. The Morgan fingerprint density at radius 1 is 1.54 bits per heavy atom. The molecule has 3 heteroatoms. The van der Waals surface area contributed by atoms with Gasteiger partial charge in [-0.1, -0.05) is 6.92 Å². The average Bonchev–Trinajstić information content (AvgIpc) is 2.16. The summed E-state index contributed by atoms with van der Waals surface area (Å²) in [5.41, 5.74) is 0.258. The van der Waals surface area contributed by atoms with E-state index in [-0.39, 0.29) is 5.56 Å². The minimum Gasteiger partial charge on any atom is -0.493 e. The summed E-state index contributed by atoms with van der Waals surface area (Å²) in [5, 5.41) is 0. The van der Waals surface area contributed by atoms with E-state index in [0.29, 0.717) is 18.6 Å². The quantitative estimate of drug-likeness (QED) is 0.668. The molecule has 0 bridgehead atoms. The molecule has 0 unspecified atom stereocenters. The van der Waals surface area contributed by atoms with Crippen LogP contribution < -0.4 is 4.74 Å². The monoisotopic (exact) mass is 182 g/mol. The maximum atomic E-state index is 12.6. The van der Waals surface area contributed by atoms with Gasteiger partial charge in [-0.25, -0.2) is 4.39 Å². The zero-order valence-electron chi connectivity index (χ0n) is 7.42. The molecular weight excluding hydrogens is 171 g/mol. The molecule has 0 radical (unpaired) electrons. The van der Waals surface area contributed by atoms with Crippen molar-refractivity contribution in [2.45, 2.75) is 13.3 Å². The van der Waals surface area contributed by atoms with Crippen molar-refractivity contribution in [3.63, 3.8) is 0 Å². The van der Waals surface area contributed by atoms with E-state index in [9.17, 15) is 9.18 Å². The minimum absolute atomic E-state index is 0.258. The Bertz CT molecular complexity index is 297. The van der Waals surface area contributed by atoms with Crippen molar-refractivity contribution in [3.05, 3.63) is 29.6 Å². The van der Waals surface area contributed by atoms with Crippen LogP contribution in [0.5, 0.6) is 5.75 Å². The molecule has 13 heavy (non-hydrogen) atoms. The molecule has 1 rings (SSSR count). The summed E-state index contributed by atoms with van der Waals surface area (Å²) in [6.45, 7) is 2.50. The predicted octanol–water partition coefficient (Wildman–Crippen LogP) is 2.43. The Balaban J connectivity index is 2.86. The van der Waals surface area contributed by atoms with E-state index in [1.807, 2.05) is 6.92 Å². The smallest absolute Gasteiger partial charge is 0.153 e. The lowest BCUT2D eigenvalue weighted by Gasteiger charge is -2.06. The van der Waals surface area contributed by atoms with Crippen LogP contribution in [0.1, 0.15) is 23.7 Å². The van der Waals surface area contributed by atoms with Crippen LogP contribution >= 0.6 is 0 Å². The van der Waals surface area contributed by atoms with Crippen molar-refractivity contribution in [2.24, 2.45) is 0 Å². The Hall–Kier alpha value is -1.38. The summed E-state index contributed by atoms with van der Waals surface area (Å²) >= 11 is 0. The molecule has 0 saturated carbocycles. The topological polar surface area (TPSA) is 26.3 Å². The molecule has 0 fully saturated rings. The van der Waals surface area contributed by atoms with E-state index in [0.717, 1.165) is 12.5 Å². The van der Waals surface area contributed by atoms with E-state index in [4.69, 9.17) is 4.74 Å². The molecule has 0 N–H and O–H groups in total. The van der Waals surface area contributed by atoms with E-state index in [1.54, 1.807) is 0 Å². The first-order chi connectivity index (χ1) is 6.27. The largest absolute Gasteiger partial charge is 0.493 e. The summed E-state index contributed by atoms with van der Waals surface area (Å²) < 4.78 is 17.9. The molecule has 1 aromatic rings. The normalized spacial score (nSPS) is 9.69. The molecule has 0 aliphatic rings. The van der Waals surface area contributed by atoms with Crippen molar-refractivity contribution >= 4 is 6.29 Å². The predicted molar refractivity (Wildman–Crippen MR) is 47.6 cm³/mol. The van der Waals surface area contributed by atoms with Crippen molar-refractivity contribution in [2.75, 3.05) is 6.61 Å². The van der Waals surface area contributed by atoms with Crippen molar-refractivity contribution in [1.29, 1.82) is 0 Å². The highest BCUT2D eigenvalue weighted by atomic mass is 19.1. The van der Waals surface area contributed by atoms with E-state index >= 15 is 0 Å². The Morgan fingerprint density at radius 3 is 2.92 bits per heavy atom. The van der Waals surface area contributed by atoms with Crippen LogP contribution in [0.25, 0.3) is 0 Å². The fourth-order valence-electron chi connectivity index (χ4n) is 0.955. The third-order valence-electron chi connectivity index (χ3n) is 1.56. The lowest BCUT2D eigenvalue weighted by atomic mass is 10.2. The molecular formula is C10H11FO2. The maximum Gasteiger partial charge on any atom is 0.153 e. The second-order valence-electron chi connectivity index (χ2n) is 2.65. The maximum absolute atomic E-state index is 12.6. The molecule has 1 aromatic carbocycles. The van der Waals surface area contributed by atoms with Crippen LogP contribution in [-0.2, 0) is 0 Å². The first-order valence-corrected chi connectivity index (χ1v) is 4.15. The summed E-state index contributed by atoms with van der Waals surface area (Å²) in [5.74, 6) is 0.0178. The molecule has 0 amide bonds. The number of carbonyl (C=O) groups excluding carboxylic acids is 1. The standard InChI is InChI=1S/C10H11FO2/c1-2-5-13-10-4-3-9(11)6-8(10)7-12/h3-4,6-7H,2,5H2,1H3. The fourth-order valence-corrected chi connectivity index (χ4v) is 0.955. The highest BCUT2D eigenvalue weighted by molar-refractivity contribution is 5.79. The Kier molecular flexibility index (Phi) is 3.43. The number of ether oxygens (including phenoxy) is 1. The molecule has 0 saturated heterocycles. The molecule has 0 atom stereocenters. The van der Waals surface area contributed by atoms with Gasteiger partial charge in [-0.05, 0) is 24.6 Å². The first kappa shape index (κ1) is 9.71. The van der Waals surface area contributed by atoms with Gasteiger partial charge in [0.25, 0.3) is 0 Å². The number of aldehydes is 1. The third-order valence-corrected chi connectivity index (χ3v) is 1.56. The van der Waals surface area contributed by atoms with Gasteiger partial charge in [0.1, 0.15) is 11.6 Å². The van der Waals surface area contributed by atoms with Crippen LogP contribution in [0, 0.1) is 5.82 Å². The van der Waals surface area contributed by atoms with Gasteiger partial charge >= 0.3 is 0 Å². The van der Waals surface area contributed by atoms with Gasteiger partial charge in [0.05, 0.1) is 12.2 Å². The van der Waals surface area contributed by atoms with Crippen LogP contribution in [0.15, 0.2) is 18.2 Å². The molecule has 0 aliphatic heterocycles. The lowest BCUT2D eigenvalue weighted by Crippen LogP contribution is -1.98. The molecule has 70 valence electrons. The van der Waals surface area contributed by atoms with Crippen molar-refractivity contribution < 1.29 is 13.9 Å². The van der Waals surface area contributed by atoms with Crippen LogP contribution in [0.3, 0.4) is 0 Å². The summed E-state index contributed by atoms with van der Waals surface area (Å²) in [6.07, 6.45) is 1.45. The van der Waals surface area contributed by atoms with Gasteiger partial charge in [-0.15, -0.1) is 0 Å². The zero-order chi connectivity index (χ0) is 9.68. The molecule has 2 nitrogen and oxygen atoms in total.